The molecule has 1 amide bonds. The van der Waals surface area contributed by atoms with Gasteiger partial charge in [-0.25, -0.2) is 9.50 Å². The highest BCUT2D eigenvalue weighted by molar-refractivity contribution is 5.93. The second kappa shape index (κ2) is 5.76. The summed E-state index contributed by atoms with van der Waals surface area (Å²) in [5.74, 6) is -0.122. The Morgan fingerprint density at radius 1 is 1.32 bits per heavy atom. The summed E-state index contributed by atoms with van der Waals surface area (Å²) >= 11 is 0. The molecular formula is C17H22N4O4. The van der Waals surface area contributed by atoms with E-state index in [1.165, 1.54) is 10.8 Å². The molecule has 0 aromatic carbocycles. The first-order chi connectivity index (χ1) is 11.9. The average Bonchev–Trinajstić information content (AvgIpc) is 3.08. The van der Waals surface area contributed by atoms with Gasteiger partial charge >= 0.3 is 0 Å². The summed E-state index contributed by atoms with van der Waals surface area (Å²) < 4.78 is 7.40. The van der Waals surface area contributed by atoms with Crippen LogP contribution < -0.4 is 0 Å². The molecule has 0 unspecified atom stereocenters. The van der Waals surface area contributed by atoms with Crippen molar-refractivity contribution in [2.45, 2.75) is 43.5 Å². The van der Waals surface area contributed by atoms with Crippen molar-refractivity contribution in [3.63, 3.8) is 0 Å². The number of aliphatic hydroxyl groups is 2. The summed E-state index contributed by atoms with van der Waals surface area (Å²) in [7, 11) is 0. The molecule has 4 rings (SSSR count). The largest absolute Gasteiger partial charge is 0.387 e. The number of fused-ring (bicyclic) bond motifs is 1. The van der Waals surface area contributed by atoms with Crippen LogP contribution in [0.5, 0.6) is 0 Å². The second-order valence-corrected chi connectivity index (χ2v) is 7.16. The minimum Gasteiger partial charge on any atom is -0.387 e. The number of amides is 1. The molecule has 2 aromatic rings. The van der Waals surface area contributed by atoms with Crippen LogP contribution in [0.25, 0.3) is 5.65 Å². The summed E-state index contributed by atoms with van der Waals surface area (Å²) in [5, 5.41) is 25.1. The lowest BCUT2D eigenvalue weighted by Gasteiger charge is -2.51. The van der Waals surface area contributed by atoms with Crippen LogP contribution in [-0.4, -0.2) is 72.6 Å². The number of pyridine rings is 1. The lowest BCUT2D eigenvalue weighted by atomic mass is 9.75. The van der Waals surface area contributed by atoms with Gasteiger partial charge < -0.3 is 19.8 Å². The molecule has 2 N–H and O–H groups in total. The third kappa shape index (κ3) is 2.61. The topological polar surface area (TPSA) is 100 Å². The number of likely N-dealkylation sites (tertiary alicyclic amines) is 1. The van der Waals surface area contributed by atoms with Gasteiger partial charge in [-0.05, 0) is 31.9 Å². The molecule has 0 saturated carbocycles. The van der Waals surface area contributed by atoms with E-state index in [0.717, 1.165) is 0 Å². The van der Waals surface area contributed by atoms with Crippen molar-refractivity contribution >= 4 is 11.6 Å². The fourth-order valence-corrected chi connectivity index (χ4v) is 3.92. The van der Waals surface area contributed by atoms with Gasteiger partial charge in [0.25, 0.3) is 5.91 Å². The van der Waals surface area contributed by atoms with Gasteiger partial charge in [-0.1, -0.05) is 6.07 Å². The summed E-state index contributed by atoms with van der Waals surface area (Å²) in [6.45, 7) is 2.97. The first-order valence-corrected chi connectivity index (χ1v) is 8.55. The van der Waals surface area contributed by atoms with Crippen LogP contribution in [0, 0.1) is 0 Å². The Kier molecular flexibility index (Phi) is 3.78. The molecule has 25 heavy (non-hydrogen) atoms. The molecule has 4 heterocycles. The Morgan fingerprint density at radius 3 is 2.84 bits per heavy atom. The highest BCUT2D eigenvalue weighted by atomic mass is 16.5. The number of carbonyl (C=O) groups excluding carboxylic acids is 1. The zero-order chi connectivity index (χ0) is 17.7. The number of carbonyl (C=O) groups is 1. The monoisotopic (exact) mass is 346 g/mol. The van der Waals surface area contributed by atoms with Crippen LogP contribution in [0.2, 0.25) is 0 Å². The van der Waals surface area contributed by atoms with Crippen molar-refractivity contribution in [1.82, 2.24) is 19.5 Å². The number of nitrogens with zero attached hydrogens (tertiary/aromatic N) is 4. The summed E-state index contributed by atoms with van der Waals surface area (Å²) in [4.78, 5) is 18.7. The number of rotatable bonds is 1. The molecule has 8 nitrogen and oxygen atoms in total. The third-order valence-corrected chi connectivity index (χ3v) is 5.50. The molecule has 0 radical (unpaired) electrons. The second-order valence-electron chi connectivity index (χ2n) is 7.16. The first-order valence-electron chi connectivity index (χ1n) is 8.55. The number of aliphatic hydroxyl groups excluding tert-OH is 1. The van der Waals surface area contributed by atoms with Gasteiger partial charge in [0.05, 0.1) is 12.2 Å². The molecule has 2 fully saturated rings. The molecule has 0 bridgehead atoms. The summed E-state index contributed by atoms with van der Waals surface area (Å²) in [5.41, 5.74) is -0.848. The molecule has 2 saturated heterocycles. The van der Waals surface area contributed by atoms with Gasteiger partial charge in [0.1, 0.15) is 23.7 Å². The maximum atomic E-state index is 12.9. The Bertz CT molecular complexity index is 795. The standard InChI is InChI=1S/C17H22N4O4/c1-16(24)7-10-25-17(15(16)23)5-8-20(9-6-17)14(22)12-3-2-4-13-18-11-19-21(12)13/h2-4,11,15,23-24H,5-10H2,1H3/t15-,16+/m0/s1. The minimum atomic E-state index is -1.16. The van der Waals surface area contributed by atoms with Crippen LogP contribution in [-0.2, 0) is 4.74 Å². The highest BCUT2D eigenvalue weighted by Gasteiger charge is 2.53. The molecule has 8 heteroatoms. The van der Waals surface area contributed by atoms with Gasteiger partial charge in [0.2, 0.25) is 0 Å². The number of piperidine rings is 1. The Hall–Kier alpha value is -2.03. The Morgan fingerprint density at radius 2 is 2.08 bits per heavy atom. The van der Waals surface area contributed by atoms with E-state index < -0.39 is 17.3 Å². The fourth-order valence-electron chi connectivity index (χ4n) is 3.92. The van der Waals surface area contributed by atoms with Crippen molar-refractivity contribution in [3.05, 3.63) is 30.2 Å². The first kappa shape index (κ1) is 16.4. The Labute approximate surface area is 145 Å². The smallest absolute Gasteiger partial charge is 0.272 e. The van der Waals surface area contributed by atoms with E-state index in [9.17, 15) is 15.0 Å². The quantitative estimate of drug-likeness (QED) is 0.767. The molecule has 2 aliphatic rings. The van der Waals surface area contributed by atoms with E-state index in [2.05, 4.69) is 10.1 Å². The number of ether oxygens (including phenoxy) is 1. The van der Waals surface area contributed by atoms with Crippen LogP contribution >= 0.6 is 0 Å². The van der Waals surface area contributed by atoms with Crippen molar-refractivity contribution < 1.29 is 19.7 Å². The normalized spacial score (nSPS) is 29.2. The van der Waals surface area contributed by atoms with Crippen LogP contribution in [0.3, 0.4) is 0 Å². The zero-order valence-electron chi connectivity index (χ0n) is 14.1. The Balaban J connectivity index is 1.52. The van der Waals surface area contributed by atoms with Gasteiger partial charge in [-0.3, -0.25) is 4.79 Å². The third-order valence-electron chi connectivity index (χ3n) is 5.50. The highest BCUT2D eigenvalue weighted by Crippen LogP contribution is 2.39. The van der Waals surface area contributed by atoms with Crippen molar-refractivity contribution in [3.8, 4) is 0 Å². The molecule has 134 valence electrons. The molecule has 2 atom stereocenters. The van der Waals surface area contributed by atoms with Gasteiger partial charge in [-0.2, -0.15) is 5.10 Å². The fraction of sp³-hybridized carbons (Fsp3) is 0.588. The van der Waals surface area contributed by atoms with Crippen molar-refractivity contribution in [2.75, 3.05) is 19.7 Å². The number of hydrogen-bond acceptors (Lipinski definition) is 6. The van der Waals surface area contributed by atoms with E-state index in [0.29, 0.717) is 50.3 Å². The lowest BCUT2D eigenvalue weighted by Crippen LogP contribution is -2.64. The SMILES string of the molecule is C[C@@]1(O)CCOC2(CCN(C(=O)c3cccc4ncnn34)CC2)[C@H]1O. The maximum absolute atomic E-state index is 12.9. The van der Waals surface area contributed by atoms with Gasteiger partial charge in [0, 0.05) is 19.5 Å². The zero-order valence-corrected chi connectivity index (χ0v) is 14.1. The lowest BCUT2D eigenvalue weighted by molar-refractivity contribution is -0.244. The number of aromatic nitrogens is 3. The van der Waals surface area contributed by atoms with Crippen LogP contribution in [0.15, 0.2) is 24.5 Å². The van der Waals surface area contributed by atoms with Crippen LogP contribution in [0.1, 0.15) is 36.7 Å². The van der Waals surface area contributed by atoms with Crippen LogP contribution in [0.4, 0.5) is 0 Å². The molecule has 1 spiro atoms. The predicted molar refractivity (Wildman–Crippen MR) is 88.1 cm³/mol. The average molecular weight is 346 g/mol. The van der Waals surface area contributed by atoms with Gasteiger partial charge in [-0.15, -0.1) is 0 Å². The summed E-state index contributed by atoms with van der Waals surface area (Å²) in [6.07, 6.45) is 1.86. The molecule has 2 aromatic heterocycles. The minimum absolute atomic E-state index is 0.122. The molecule has 0 aliphatic carbocycles. The van der Waals surface area contributed by atoms with E-state index in [-0.39, 0.29) is 5.91 Å². The van der Waals surface area contributed by atoms with Gasteiger partial charge in [0.15, 0.2) is 5.65 Å². The van der Waals surface area contributed by atoms with E-state index in [1.54, 1.807) is 30.0 Å². The number of hydrogen-bond donors (Lipinski definition) is 2. The summed E-state index contributed by atoms with van der Waals surface area (Å²) in [6, 6.07) is 5.31. The van der Waals surface area contributed by atoms with E-state index in [1.807, 2.05) is 0 Å². The predicted octanol–water partition coefficient (Wildman–Crippen LogP) is 0.236. The van der Waals surface area contributed by atoms with Crippen molar-refractivity contribution in [2.24, 2.45) is 0 Å². The van der Waals surface area contributed by atoms with E-state index in [4.69, 9.17) is 4.74 Å². The van der Waals surface area contributed by atoms with E-state index >= 15 is 0 Å². The molecule has 2 aliphatic heterocycles. The van der Waals surface area contributed by atoms with Crippen molar-refractivity contribution in [1.29, 1.82) is 0 Å². The maximum Gasteiger partial charge on any atom is 0.272 e. The molecular weight excluding hydrogens is 324 g/mol.